The maximum Gasteiger partial charge on any atom is 0.291 e. The number of imidazole rings is 1. The van der Waals surface area contributed by atoms with Crippen molar-refractivity contribution in [3.63, 3.8) is 0 Å². The van der Waals surface area contributed by atoms with E-state index in [9.17, 15) is 19.2 Å². The van der Waals surface area contributed by atoms with Crippen molar-refractivity contribution in [2.75, 3.05) is 71.8 Å². The predicted octanol–water partition coefficient (Wildman–Crippen LogP) is 5.23. The molecule has 3 fully saturated rings. The Morgan fingerprint density at radius 2 is 1.51 bits per heavy atom. The number of halogens is 3. The van der Waals surface area contributed by atoms with Crippen LogP contribution in [0.15, 0.2) is 42.7 Å². The number of carbonyl (C=O) groups excluding carboxylic acids is 4. The number of quaternary nitrogens is 1. The lowest BCUT2D eigenvalue weighted by Crippen LogP contribution is -2.54. The largest absolute Gasteiger partial charge is 0.341 e. The second-order valence-electron chi connectivity index (χ2n) is 16.0. The van der Waals surface area contributed by atoms with E-state index in [4.69, 9.17) is 11.6 Å². The number of amides is 4. The minimum Gasteiger partial charge on any atom is -0.341 e. The average molecular weight is 805 g/mol. The van der Waals surface area contributed by atoms with E-state index in [2.05, 4.69) is 29.5 Å². The third-order valence-corrected chi connectivity index (χ3v) is 12.0. The Bertz CT molecular complexity index is 2200. The molecular weight excluding hydrogens is 756 g/mol. The molecule has 302 valence electrons. The SMILES string of the molecule is Cc1nn(CC(=O)N2CCCCC2)cc1-c1ccc(-c2cnc(C(=O)Nc3ccc(C(=O)N4CCN(C(=O)C5CC[N+](C)(C)CC5)CC4)c(Cl)c3)n2C)c(F)c1F. The maximum absolute atomic E-state index is 15.7. The number of likely N-dealkylation sites (tertiary alicyclic amines) is 2. The molecular formula is C41H49ClF2N9O4+. The number of aromatic nitrogens is 4. The maximum atomic E-state index is 15.7. The van der Waals surface area contributed by atoms with E-state index in [0.717, 1.165) is 49.7 Å². The van der Waals surface area contributed by atoms with Crippen molar-refractivity contribution in [2.24, 2.45) is 13.0 Å². The van der Waals surface area contributed by atoms with E-state index in [1.54, 1.807) is 35.1 Å². The van der Waals surface area contributed by atoms with Crippen molar-refractivity contribution in [1.82, 2.24) is 34.0 Å². The van der Waals surface area contributed by atoms with Crippen molar-refractivity contribution in [3.05, 3.63) is 76.5 Å². The Hall–Kier alpha value is -5.15. The topological polar surface area (TPSA) is 126 Å². The fraction of sp³-hybridized carbons (Fsp3) is 0.463. The monoisotopic (exact) mass is 804 g/mol. The fourth-order valence-corrected chi connectivity index (χ4v) is 8.36. The molecule has 5 heterocycles. The lowest BCUT2D eigenvalue weighted by atomic mass is 9.94. The summed E-state index contributed by atoms with van der Waals surface area (Å²) >= 11 is 6.56. The third-order valence-electron chi connectivity index (χ3n) is 11.6. The predicted molar refractivity (Wildman–Crippen MR) is 211 cm³/mol. The van der Waals surface area contributed by atoms with Gasteiger partial charge in [0, 0.05) is 93.7 Å². The summed E-state index contributed by atoms with van der Waals surface area (Å²) < 4.78 is 35.2. The van der Waals surface area contributed by atoms with Crippen LogP contribution < -0.4 is 5.32 Å². The van der Waals surface area contributed by atoms with Crippen LogP contribution in [0.2, 0.25) is 5.02 Å². The highest BCUT2D eigenvalue weighted by Gasteiger charge is 2.35. The van der Waals surface area contributed by atoms with Gasteiger partial charge in [0.25, 0.3) is 11.8 Å². The first-order valence-electron chi connectivity index (χ1n) is 19.5. The molecule has 3 aliphatic heterocycles. The minimum absolute atomic E-state index is 0.000124. The molecule has 4 aromatic rings. The minimum atomic E-state index is -1.12. The molecule has 7 rings (SSSR count). The standard InChI is InChI=1S/C41H48ClF2N9O4/c1-26-32(24-52(47-26)25-35(54)49-14-6-5-7-15-49)29-10-11-31(37(44)36(29)43)34-23-45-38(48(34)2)39(55)46-28-8-9-30(33(42)22-28)41(57)51-18-16-50(17-19-51)40(56)27-12-20-53(3,4)21-13-27/h8-11,22-24,27H,5-7,12-21,25H2,1-4H3/p+1. The Kier molecular flexibility index (Phi) is 11.5. The van der Waals surface area contributed by atoms with Gasteiger partial charge in [0.1, 0.15) is 6.54 Å². The number of nitrogens with zero attached hydrogens (tertiary/aromatic N) is 8. The van der Waals surface area contributed by atoms with Gasteiger partial charge in [-0.3, -0.25) is 23.9 Å². The molecule has 0 bridgehead atoms. The number of hydrogen-bond acceptors (Lipinski definition) is 6. The number of anilines is 1. The zero-order valence-corrected chi connectivity index (χ0v) is 33.6. The molecule has 4 amide bonds. The van der Waals surface area contributed by atoms with E-state index in [1.165, 1.54) is 40.7 Å². The summed E-state index contributed by atoms with van der Waals surface area (Å²) in [5, 5.41) is 7.26. The van der Waals surface area contributed by atoms with Crippen molar-refractivity contribution >= 4 is 40.9 Å². The van der Waals surface area contributed by atoms with Crippen LogP contribution >= 0.6 is 11.6 Å². The second kappa shape index (κ2) is 16.4. The average Bonchev–Trinajstić information content (AvgIpc) is 3.76. The number of hydrogen-bond donors (Lipinski definition) is 1. The Balaban J connectivity index is 0.975. The molecule has 57 heavy (non-hydrogen) atoms. The van der Waals surface area contributed by atoms with Crippen molar-refractivity contribution < 1.29 is 32.4 Å². The summed E-state index contributed by atoms with van der Waals surface area (Å²) in [5.41, 5.74) is 1.48. The van der Waals surface area contributed by atoms with E-state index in [1.807, 2.05) is 4.90 Å². The number of piperidine rings is 2. The molecule has 0 aliphatic carbocycles. The van der Waals surface area contributed by atoms with Gasteiger partial charge in [-0.2, -0.15) is 5.10 Å². The van der Waals surface area contributed by atoms with Gasteiger partial charge in [0.05, 0.1) is 55.4 Å². The lowest BCUT2D eigenvalue weighted by Gasteiger charge is -2.40. The van der Waals surface area contributed by atoms with Gasteiger partial charge < -0.3 is 29.1 Å². The molecule has 3 aliphatic rings. The Morgan fingerprint density at radius 3 is 2.19 bits per heavy atom. The van der Waals surface area contributed by atoms with Gasteiger partial charge in [-0.05, 0) is 50.5 Å². The van der Waals surface area contributed by atoms with Crippen LogP contribution in [-0.4, -0.2) is 129 Å². The van der Waals surface area contributed by atoms with Gasteiger partial charge in [-0.15, -0.1) is 0 Å². The zero-order valence-electron chi connectivity index (χ0n) is 32.9. The molecule has 0 spiro atoms. The molecule has 2 aromatic heterocycles. The summed E-state index contributed by atoms with van der Waals surface area (Å²) in [4.78, 5) is 62.3. The van der Waals surface area contributed by atoms with Gasteiger partial charge in [-0.1, -0.05) is 17.7 Å². The highest BCUT2D eigenvalue weighted by molar-refractivity contribution is 6.34. The number of piperazine rings is 1. The van der Waals surface area contributed by atoms with E-state index < -0.39 is 17.5 Å². The first-order valence-corrected chi connectivity index (χ1v) is 19.9. The lowest BCUT2D eigenvalue weighted by molar-refractivity contribution is -0.895. The molecule has 0 radical (unpaired) electrons. The van der Waals surface area contributed by atoms with Crippen molar-refractivity contribution in [1.29, 1.82) is 0 Å². The normalized spacial score (nSPS) is 17.5. The Morgan fingerprint density at radius 1 is 0.860 bits per heavy atom. The Labute approximate surface area is 335 Å². The van der Waals surface area contributed by atoms with E-state index in [-0.39, 0.29) is 63.4 Å². The molecule has 2 aromatic carbocycles. The van der Waals surface area contributed by atoms with E-state index >= 15 is 8.78 Å². The van der Waals surface area contributed by atoms with Crippen LogP contribution in [0.1, 0.15) is 58.8 Å². The van der Waals surface area contributed by atoms with Crippen LogP contribution in [0.3, 0.4) is 0 Å². The molecule has 0 saturated carbocycles. The zero-order chi connectivity index (χ0) is 40.6. The highest BCUT2D eigenvalue weighted by atomic mass is 35.5. The van der Waals surface area contributed by atoms with Crippen LogP contribution in [0, 0.1) is 24.5 Å². The first-order chi connectivity index (χ1) is 27.2. The second-order valence-corrected chi connectivity index (χ2v) is 16.4. The summed E-state index contributed by atoms with van der Waals surface area (Å²) in [6.45, 7) is 6.77. The number of benzene rings is 2. The number of carbonyl (C=O) groups is 4. The van der Waals surface area contributed by atoms with E-state index in [0.29, 0.717) is 56.2 Å². The number of nitrogens with one attached hydrogen (secondary N) is 1. The smallest absolute Gasteiger partial charge is 0.291 e. The van der Waals surface area contributed by atoms with Gasteiger partial charge in [0.15, 0.2) is 17.5 Å². The highest BCUT2D eigenvalue weighted by Crippen LogP contribution is 2.33. The van der Waals surface area contributed by atoms with Gasteiger partial charge in [0.2, 0.25) is 11.8 Å². The van der Waals surface area contributed by atoms with Crippen LogP contribution in [-0.2, 0) is 23.2 Å². The molecule has 13 nitrogen and oxygen atoms in total. The fourth-order valence-electron chi connectivity index (χ4n) is 8.10. The van der Waals surface area contributed by atoms with Crippen molar-refractivity contribution in [2.45, 2.75) is 45.6 Å². The third kappa shape index (κ3) is 8.45. The van der Waals surface area contributed by atoms with Gasteiger partial charge in [-0.25, -0.2) is 13.8 Å². The first kappa shape index (κ1) is 40.1. The van der Waals surface area contributed by atoms with Crippen LogP contribution in [0.25, 0.3) is 22.4 Å². The molecule has 0 atom stereocenters. The molecule has 1 N–H and O–H groups in total. The summed E-state index contributed by atoms with van der Waals surface area (Å²) in [7, 11) is 5.89. The summed E-state index contributed by atoms with van der Waals surface area (Å²) in [5.74, 6) is -3.02. The molecule has 16 heteroatoms. The number of aryl methyl sites for hydroxylation is 1. The van der Waals surface area contributed by atoms with Gasteiger partial charge >= 0.3 is 0 Å². The summed E-state index contributed by atoms with van der Waals surface area (Å²) in [6.07, 6.45) is 7.61. The van der Waals surface area contributed by atoms with Crippen LogP contribution in [0.5, 0.6) is 0 Å². The van der Waals surface area contributed by atoms with Crippen LogP contribution in [0.4, 0.5) is 14.5 Å². The molecule has 0 unspecified atom stereocenters. The number of rotatable bonds is 8. The summed E-state index contributed by atoms with van der Waals surface area (Å²) in [6, 6.07) is 7.45. The quantitative estimate of drug-likeness (QED) is 0.244. The molecule has 3 saturated heterocycles. The van der Waals surface area contributed by atoms with Crippen molar-refractivity contribution in [3.8, 4) is 22.4 Å².